The van der Waals surface area contributed by atoms with E-state index in [1.807, 2.05) is 37.5 Å². The molecule has 2 atom stereocenters. The number of fused-ring (bicyclic) bond motifs is 1. The lowest BCUT2D eigenvalue weighted by Gasteiger charge is -2.38. The van der Waals surface area contributed by atoms with E-state index in [2.05, 4.69) is 25.3 Å². The average molecular weight is 639 g/mol. The smallest absolute Gasteiger partial charge is 0.291 e. The van der Waals surface area contributed by atoms with Crippen LogP contribution in [0.4, 0.5) is 14.5 Å². The summed E-state index contributed by atoms with van der Waals surface area (Å²) in [6.07, 6.45) is -0.676. The highest BCUT2D eigenvalue weighted by Gasteiger charge is 2.42. The first-order chi connectivity index (χ1) is 20.4. The van der Waals surface area contributed by atoms with Crippen LogP contribution in [-0.4, -0.2) is 89.6 Å². The fraction of sp³-hybridized carbons (Fsp3) is 0.630. The second kappa shape index (κ2) is 11.2. The van der Waals surface area contributed by atoms with Crippen molar-refractivity contribution in [3.63, 3.8) is 0 Å². The lowest BCUT2D eigenvalue weighted by molar-refractivity contribution is -0.134. The number of hydrogen-bond donors (Lipinski definition) is 2. The summed E-state index contributed by atoms with van der Waals surface area (Å²) < 4.78 is 64.9. The van der Waals surface area contributed by atoms with E-state index in [1.165, 1.54) is 10.7 Å². The number of alkyl halides is 2. The number of rotatable bonds is 10. The SMILES string of the molecule is CC[C@H]1NC[C@@H]1Oc1nn(-c2nnc(C(F)F)s2)c2cc(S(=O)(=O)NC3(C)CC3)cc(N3CCN(C(=O)C(C)C)CC3)c12. The van der Waals surface area contributed by atoms with E-state index in [1.54, 1.807) is 6.07 Å². The molecular formula is C27H36F2N8O4S2. The van der Waals surface area contributed by atoms with Crippen LogP contribution in [0.25, 0.3) is 16.0 Å². The summed E-state index contributed by atoms with van der Waals surface area (Å²) in [6, 6.07) is 3.23. The van der Waals surface area contributed by atoms with Gasteiger partial charge in [-0.3, -0.25) is 4.79 Å². The summed E-state index contributed by atoms with van der Waals surface area (Å²) in [5, 5.41) is 15.8. The molecule has 12 nitrogen and oxygen atoms in total. The molecule has 2 aromatic heterocycles. The molecule has 2 N–H and O–H groups in total. The number of nitrogens with zero attached hydrogens (tertiary/aromatic N) is 6. The highest BCUT2D eigenvalue weighted by molar-refractivity contribution is 7.89. The normalized spacial score (nSPS) is 22.0. The Morgan fingerprint density at radius 2 is 1.93 bits per heavy atom. The summed E-state index contributed by atoms with van der Waals surface area (Å²) in [5.74, 6) is 0.192. The van der Waals surface area contributed by atoms with Gasteiger partial charge in [-0.2, -0.15) is 0 Å². The molecule has 6 rings (SSSR count). The first-order valence-electron chi connectivity index (χ1n) is 14.6. The third-order valence-electron chi connectivity index (χ3n) is 8.35. The van der Waals surface area contributed by atoms with Gasteiger partial charge in [0, 0.05) is 50.2 Å². The van der Waals surface area contributed by atoms with Gasteiger partial charge in [0.1, 0.15) is 6.10 Å². The molecule has 3 fully saturated rings. The molecule has 1 saturated carbocycles. The van der Waals surface area contributed by atoms with E-state index in [9.17, 15) is 22.0 Å². The van der Waals surface area contributed by atoms with Crippen molar-refractivity contribution in [3.8, 4) is 11.0 Å². The summed E-state index contributed by atoms with van der Waals surface area (Å²) in [6.45, 7) is 10.1. The van der Waals surface area contributed by atoms with Crippen molar-refractivity contribution >= 4 is 43.9 Å². The minimum atomic E-state index is -3.96. The minimum Gasteiger partial charge on any atom is -0.470 e. The number of amides is 1. The van der Waals surface area contributed by atoms with Gasteiger partial charge in [0.15, 0.2) is 5.01 Å². The number of anilines is 1. The fourth-order valence-corrected chi connectivity index (χ4v) is 7.63. The Bertz CT molecular complexity index is 1630. The molecule has 1 amide bonds. The second-order valence-electron chi connectivity index (χ2n) is 12.0. The predicted octanol–water partition coefficient (Wildman–Crippen LogP) is 3.08. The number of carbonyl (C=O) groups is 1. The highest BCUT2D eigenvalue weighted by atomic mass is 32.2. The molecule has 4 heterocycles. The standard InChI is InChI=1S/C27H36F2N8O4S2/c1-5-17-20(14-30-17)41-23-21-18(35-8-10-36(11-9-35)25(38)15(2)3)12-16(43(39,40)34-27(4)6-7-27)13-19(21)37(33-23)26-32-31-24(42-26)22(28)29/h12-13,15,17,20,22,30,34H,5-11,14H2,1-4H3/t17-,20+/m1/s1. The monoisotopic (exact) mass is 638 g/mol. The largest absolute Gasteiger partial charge is 0.470 e. The molecule has 1 aliphatic carbocycles. The van der Waals surface area contributed by atoms with Crippen molar-refractivity contribution in [2.24, 2.45) is 5.92 Å². The predicted molar refractivity (Wildman–Crippen MR) is 158 cm³/mol. The lowest BCUT2D eigenvalue weighted by atomic mass is 10.0. The summed E-state index contributed by atoms with van der Waals surface area (Å²) >= 11 is 0.684. The summed E-state index contributed by atoms with van der Waals surface area (Å²) in [7, 11) is -3.96. The Hall–Kier alpha value is -2.95. The number of hydrogen-bond acceptors (Lipinski definition) is 10. The Balaban J connectivity index is 1.50. The number of carbonyl (C=O) groups excluding carboxylic acids is 1. The van der Waals surface area contributed by atoms with Crippen LogP contribution in [0.1, 0.15) is 58.4 Å². The van der Waals surface area contributed by atoms with Gasteiger partial charge in [0.25, 0.3) is 6.43 Å². The van der Waals surface area contributed by atoms with Crippen LogP contribution in [0, 0.1) is 5.92 Å². The van der Waals surface area contributed by atoms with E-state index in [4.69, 9.17) is 4.74 Å². The van der Waals surface area contributed by atoms with Crippen molar-refractivity contribution in [2.75, 3.05) is 37.6 Å². The minimum absolute atomic E-state index is 0.0202. The quantitative estimate of drug-likeness (QED) is 0.344. The van der Waals surface area contributed by atoms with Gasteiger partial charge < -0.3 is 19.9 Å². The Morgan fingerprint density at radius 3 is 2.49 bits per heavy atom. The van der Waals surface area contributed by atoms with Crippen molar-refractivity contribution in [2.45, 2.75) is 76.0 Å². The molecule has 2 saturated heterocycles. The van der Waals surface area contributed by atoms with Crippen LogP contribution < -0.4 is 19.7 Å². The van der Waals surface area contributed by atoms with Crippen LogP contribution in [-0.2, 0) is 14.8 Å². The molecule has 0 radical (unpaired) electrons. The van der Waals surface area contributed by atoms with Gasteiger partial charge in [-0.15, -0.1) is 15.3 Å². The van der Waals surface area contributed by atoms with Crippen LogP contribution >= 0.6 is 11.3 Å². The van der Waals surface area contributed by atoms with Crippen LogP contribution in [0.3, 0.4) is 0 Å². The van der Waals surface area contributed by atoms with Gasteiger partial charge in [0.2, 0.25) is 26.9 Å². The molecule has 2 aliphatic heterocycles. The first-order valence-corrected chi connectivity index (χ1v) is 16.9. The summed E-state index contributed by atoms with van der Waals surface area (Å²) in [5.41, 5.74) is 0.422. The zero-order valence-electron chi connectivity index (χ0n) is 24.5. The molecule has 234 valence electrons. The van der Waals surface area contributed by atoms with Crippen LogP contribution in [0.15, 0.2) is 17.0 Å². The molecule has 16 heteroatoms. The summed E-state index contributed by atoms with van der Waals surface area (Å²) in [4.78, 5) is 16.5. The number of aromatic nitrogens is 4. The van der Waals surface area contributed by atoms with Gasteiger partial charge in [-0.25, -0.2) is 26.6 Å². The molecule has 3 aromatic rings. The zero-order valence-corrected chi connectivity index (χ0v) is 26.1. The van der Waals surface area contributed by atoms with Gasteiger partial charge in [0.05, 0.1) is 21.5 Å². The van der Waals surface area contributed by atoms with Crippen molar-refractivity contribution in [1.82, 2.24) is 34.9 Å². The maximum atomic E-state index is 13.7. The third kappa shape index (κ3) is 5.81. The average Bonchev–Trinajstić information content (AvgIpc) is 3.33. The maximum absolute atomic E-state index is 13.7. The van der Waals surface area contributed by atoms with E-state index in [0.29, 0.717) is 60.7 Å². The zero-order chi connectivity index (χ0) is 30.7. The topological polar surface area (TPSA) is 135 Å². The van der Waals surface area contributed by atoms with Crippen molar-refractivity contribution in [1.29, 1.82) is 0 Å². The number of piperazine rings is 1. The van der Waals surface area contributed by atoms with Crippen molar-refractivity contribution < 1.29 is 26.7 Å². The van der Waals surface area contributed by atoms with E-state index in [0.717, 1.165) is 19.3 Å². The lowest BCUT2D eigenvalue weighted by Crippen LogP contribution is -2.59. The van der Waals surface area contributed by atoms with E-state index < -0.39 is 27.0 Å². The molecular weight excluding hydrogens is 602 g/mol. The molecule has 1 aromatic carbocycles. The molecule has 0 unspecified atom stereocenters. The van der Waals surface area contributed by atoms with Gasteiger partial charge >= 0.3 is 0 Å². The van der Waals surface area contributed by atoms with Gasteiger partial charge in [-0.05, 0) is 38.3 Å². The molecule has 0 spiro atoms. The Morgan fingerprint density at radius 1 is 1.21 bits per heavy atom. The number of nitrogens with one attached hydrogen (secondary N) is 2. The third-order valence-corrected chi connectivity index (χ3v) is 10.9. The highest BCUT2D eigenvalue weighted by Crippen LogP contribution is 2.42. The maximum Gasteiger partial charge on any atom is 0.291 e. The number of halogens is 2. The van der Waals surface area contributed by atoms with Crippen LogP contribution in [0.2, 0.25) is 0 Å². The molecule has 43 heavy (non-hydrogen) atoms. The fourth-order valence-electron chi connectivity index (χ4n) is 5.46. The van der Waals surface area contributed by atoms with E-state index >= 15 is 0 Å². The second-order valence-corrected chi connectivity index (χ2v) is 14.7. The number of benzene rings is 1. The van der Waals surface area contributed by atoms with Crippen molar-refractivity contribution in [3.05, 3.63) is 17.1 Å². The first kappa shape index (κ1) is 30.1. The number of sulfonamides is 1. The van der Waals surface area contributed by atoms with Gasteiger partial charge in [-0.1, -0.05) is 32.1 Å². The Kier molecular flexibility index (Phi) is 7.84. The molecule has 0 bridgehead atoms. The number of ether oxygens (including phenoxy) is 1. The van der Waals surface area contributed by atoms with E-state index in [-0.39, 0.29) is 39.9 Å². The molecule has 3 aliphatic rings. The van der Waals surface area contributed by atoms with Crippen LogP contribution in [0.5, 0.6) is 5.88 Å². The Labute approximate surface area is 252 Å².